The molecule has 1 atom stereocenters. The maximum Gasteiger partial charge on any atom is 0.254 e. The third kappa shape index (κ3) is 3.45. The third-order valence-corrected chi connectivity index (χ3v) is 5.66. The molecule has 6 heteroatoms. The summed E-state index contributed by atoms with van der Waals surface area (Å²) < 4.78 is 13.6. The van der Waals surface area contributed by atoms with Gasteiger partial charge in [0.1, 0.15) is 11.6 Å². The molecule has 2 aromatic carbocycles. The standard InChI is InChI=1S/C24H21FN4O/c25-19-7-3-5-17(14-19)21-15-27-23(28-21)22-8-1-2-12-29(22)24(30)18-9-10-20-16(13-18)6-4-11-26-20/h3-7,9-11,13-15,22H,1-2,8,12H2,(H,27,28). The zero-order valence-electron chi connectivity index (χ0n) is 16.4. The van der Waals surface area contributed by atoms with Crippen molar-refractivity contribution in [2.75, 3.05) is 6.54 Å². The SMILES string of the molecule is O=C(c1ccc2ncccc2c1)N1CCCCC1c1ncc(-c2cccc(F)c2)[nH]1. The largest absolute Gasteiger partial charge is 0.340 e. The van der Waals surface area contributed by atoms with Gasteiger partial charge < -0.3 is 9.88 Å². The lowest BCUT2D eigenvalue weighted by Crippen LogP contribution is -2.39. The van der Waals surface area contributed by atoms with E-state index >= 15 is 0 Å². The highest BCUT2D eigenvalue weighted by Gasteiger charge is 2.30. The fourth-order valence-electron chi connectivity index (χ4n) is 4.14. The van der Waals surface area contributed by atoms with Gasteiger partial charge in [-0.05, 0) is 55.7 Å². The van der Waals surface area contributed by atoms with Crippen LogP contribution in [0.5, 0.6) is 0 Å². The van der Waals surface area contributed by atoms with Gasteiger partial charge in [0.05, 0.1) is 23.4 Å². The second-order valence-electron chi connectivity index (χ2n) is 7.61. The summed E-state index contributed by atoms with van der Waals surface area (Å²) in [6.45, 7) is 0.685. The molecule has 30 heavy (non-hydrogen) atoms. The van der Waals surface area contributed by atoms with Crippen LogP contribution in [0.25, 0.3) is 22.2 Å². The van der Waals surface area contributed by atoms with E-state index in [1.807, 2.05) is 41.3 Å². The van der Waals surface area contributed by atoms with Gasteiger partial charge in [0, 0.05) is 29.3 Å². The number of H-pyrrole nitrogens is 1. The van der Waals surface area contributed by atoms with Gasteiger partial charge in [0.2, 0.25) is 0 Å². The number of aromatic amines is 1. The van der Waals surface area contributed by atoms with Crippen LogP contribution in [0.1, 0.15) is 41.5 Å². The van der Waals surface area contributed by atoms with Crippen LogP contribution in [0.2, 0.25) is 0 Å². The molecule has 1 saturated heterocycles. The van der Waals surface area contributed by atoms with Gasteiger partial charge in [-0.2, -0.15) is 0 Å². The van der Waals surface area contributed by atoms with Crippen LogP contribution >= 0.6 is 0 Å². The average Bonchev–Trinajstić information content (AvgIpc) is 3.28. The molecular weight excluding hydrogens is 379 g/mol. The number of hydrogen-bond donors (Lipinski definition) is 1. The molecule has 5 nitrogen and oxygen atoms in total. The van der Waals surface area contributed by atoms with Crippen LogP contribution in [0.15, 0.2) is 67.0 Å². The second-order valence-corrected chi connectivity index (χ2v) is 7.61. The number of carbonyl (C=O) groups excluding carboxylic acids is 1. The molecule has 2 aromatic heterocycles. The first kappa shape index (κ1) is 18.5. The number of carbonyl (C=O) groups is 1. The van der Waals surface area contributed by atoms with Crippen molar-refractivity contribution in [3.05, 3.63) is 84.2 Å². The molecule has 3 heterocycles. The topological polar surface area (TPSA) is 61.9 Å². The summed E-state index contributed by atoms with van der Waals surface area (Å²) in [6.07, 6.45) is 6.30. The number of aromatic nitrogens is 3. The van der Waals surface area contributed by atoms with Crippen molar-refractivity contribution in [1.29, 1.82) is 0 Å². The highest BCUT2D eigenvalue weighted by Crippen LogP contribution is 2.32. The molecule has 0 aliphatic carbocycles. The fraction of sp³-hybridized carbons (Fsp3) is 0.208. The predicted octanol–water partition coefficient (Wildman–Crippen LogP) is 5.13. The van der Waals surface area contributed by atoms with Gasteiger partial charge in [-0.15, -0.1) is 0 Å². The molecule has 0 bridgehead atoms. The first-order chi connectivity index (χ1) is 14.7. The summed E-state index contributed by atoms with van der Waals surface area (Å²) in [5.41, 5.74) is 3.01. The number of amides is 1. The number of fused-ring (bicyclic) bond motifs is 1. The Labute approximate surface area is 173 Å². The molecule has 1 amide bonds. The summed E-state index contributed by atoms with van der Waals surface area (Å²) in [7, 11) is 0. The Bertz CT molecular complexity index is 1220. The van der Waals surface area contributed by atoms with E-state index in [-0.39, 0.29) is 17.8 Å². The monoisotopic (exact) mass is 400 g/mol. The molecule has 1 unspecified atom stereocenters. The van der Waals surface area contributed by atoms with E-state index in [9.17, 15) is 9.18 Å². The van der Waals surface area contributed by atoms with Crippen LogP contribution in [0.4, 0.5) is 4.39 Å². The molecular formula is C24H21FN4O. The van der Waals surface area contributed by atoms with E-state index in [1.165, 1.54) is 12.1 Å². The maximum absolute atomic E-state index is 13.6. The molecule has 0 spiro atoms. The highest BCUT2D eigenvalue weighted by molar-refractivity contribution is 5.98. The number of imidazole rings is 1. The van der Waals surface area contributed by atoms with E-state index in [0.29, 0.717) is 12.1 Å². The molecule has 4 aromatic rings. The molecule has 1 fully saturated rings. The quantitative estimate of drug-likeness (QED) is 0.518. The van der Waals surface area contributed by atoms with Crippen LogP contribution in [-0.2, 0) is 0 Å². The first-order valence-electron chi connectivity index (χ1n) is 10.2. The number of nitrogens with zero attached hydrogens (tertiary/aromatic N) is 3. The van der Waals surface area contributed by atoms with Crippen molar-refractivity contribution in [2.24, 2.45) is 0 Å². The fourth-order valence-corrected chi connectivity index (χ4v) is 4.14. The summed E-state index contributed by atoms with van der Waals surface area (Å²) in [5, 5.41) is 0.947. The van der Waals surface area contributed by atoms with E-state index in [1.54, 1.807) is 18.5 Å². The van der Waals surface area contributed by atoms with Gasteiger partial charge in [-0.3, -0.25) is 9.78 Å². The molecule has 0 radical (unpaired) electrons. The molecule has 1 aliphatic heterocycles. The Kier molecular flexibility index (Phi) is 4.75. The number of pyridine rings is 1. The van der Waals surface area contributed by atoms with Crippen molar-refractivity contribution < 1.29 is 9.18 Å². The van der Waals surface area contributed by atoms with E-state index < -0.39 is 0 Å². The number of rotatable bonds is 3. The molecule has 1 N–H and O–H groups in total. The zero-order chi connectivity index (χ0) is 20.5. The highest BCUT2D eigenvalue weighted by atomic mass is 19.1. The van der Waals surface area contributed by atoms with Gasteiger partial charge in [-0.25, -0.2) is 9.37 Å². The second kappa shape index (κ2) is 7.71. The van der Waals surface area contributed by atoms with Crippen LogP contribution in [0.3, 0.4) is 0 Å². The normalized spacial score (nSPS) is 16.7. The van der Waals surface area contributed by atoms with E-state index in [4.69, 9.17) is 0 Å². The van der Waals surface area contributed by atoms with Crippen molar-refractivity contribution in [3.63, 3.8) is 0 Å². The average molecular weight is 400 g/mol. The van der Waals surface area contributed by atoms with Gasteiger partial charge in [0.15, 0.2) is 0 Å². The molecule has 0 saturated carbocycles. The summed E-state index contributed by atoms with van der Waals surface area (Å²) >= 11 is 0. The Balaban J connectivity index is 1.45. The lowest BCUT2D eigenvalue weighted by atomic mass is 9.99. The number of piperidine rings is 1. The summed E-state index contributed by atoms with van der Waals surface area (Å²) in [6, 6.07) is 15.7. The third-order valence-electron chi connectivity index (χ3n) is 5.66. The predicted molar refractivity (Wildman–Crippen MR) is 113 cm³/mol. The lowest BCUT2D eigenvalue weighted by molar-refractivity contribution is 0.0601. The van der Waals surface area contributed by atoms with E-state index in [2.05, 4.69) is 15.0 Å². The van der Waals surface area contributed by atoms with Crippen LogP contribution < -0.4 is 0 Å². The Morgan fingerprint density at radius 3 is 2.90 bits per heavy atom. The Morgan fingerprint density at radius 1 is 1.07 bits per heavy atom. The minimum absolute atomic E-state index is 0.00541. The first-order valence-corrected chi connectivity index (χ1v) is 10.2. The number of halogens is 1. The van der Waals surface area contributed by atoms with Crippen molar-refractivity contribution in [2.45, 2.75) is 25.3 Å². The van der Waals surface area contributed by atoms with Crippen LogP contribution in [0, 0.1) is 5.82 Å². The maximum atomic E-state index is 13.6. The number of likely N-dealkylation sites (tertiary alicyclic amines) is 1. The Hall–Kier alpha value is -3.54. The van der Waals surface area contributed by atoms with Crippen molar-refractivity contribution in [3.8, 4) is 11.3 Å². The van der Waals surface area contributed by atoms with Crippen molar-refractivity contribution in [1.82, 2.24) is 19.9 Å². The lowest BCUT2D eigenvalue weighted by Gasteiger charge is -2.34. The molecule has 150 valence electrons. The molecule has 5 rings (SSSR count). The van der Waals surface area contributed by atoms with Crippen molar-refractivity contribution >= 4 is 16.8 Å². The summed E-state index contributed by atoms with van der Waals surface area (Å²) in [4.78, 5) is 27.4. The zero-order valence-corrected chi connectivity index (χ0v) is 16.4. The Morgan fingerprint density at radius 2 is 2.00 bits per heavy atom. The number of nitrogens with one attached hydrogen (secondary N) is 1. The minimum atomic E-state index is -0.288. The van der Waals surface area contributed by atoms with Gasteiger partial charge in [0.25, 0.3) is 5.91 Å². The van der Waals surface area contributed by atoms with Crippen LogP contribution in [-0.4, -0.2) is 32.3 Å². The number of benzene rings is 2. The summed E-state index contributed by atoms with van der Waals surface area (Å²) in [5.74, 6) is 0.447. The smallest absolute Gasteiger partial charge is 0.254 e. The van der Waals surface area contributed by atoms with E-state index in [0.717, 1.165) is 47.2 Å². The molecule has 1 aliphatic rings. The van der Waals surface area contributed by atoms with Gasteiger partial charge in [-0.1, -0.05) is 18.2 Å². The van der Waals surface area contributed by atoms with Gasteiger partial charge >= 0.3 is 0 Å². The number of hydrogen-bond acceptors (Lipinski definition) is 3. The minimum Gasteiger partial charge on any atom is -0.340 e.